The fraction of sp³-hybridized carbons (Fsp3) is 0.750. The lowest BCUT2D eigenvalue weighted by atomic mass is 10.2. The summed E-state index contributed by atoms with van der Waals surface area (Å²) < 4.78 is 0. The van der Waals surface area contributed by atoms with E-state index < -0.39 is 0 Å². The van der Waals surface area contributed by atoms with Gasteiger partial charge < -0.3 is 0 Å². The number of nitrogens with zero attached hydrogens (tertiary/aromatic N) is 2. The molecule has 2 nitrogen and oxygen atoms in total. The molecule has 0 spiro atoms. The first-order valence-corrected chi connectivity index (χ1v) is 13.0. The molecule has 4 atom stereocenters. The third-order valence-electron chi connectivity index (χ3n) is 6.12. The first-order valence-electron chi connectivity index (χ1n) is 9.67. The van der Waals surface area contributed by atoms with Gasteiger partial charge >= 0.3 is 0 Å². The van der Waals surface area contributed by atoms with Crippen molar-refractivity contribution >= 4 is 15.8 Å². The van der Waals surface area contributed by atoms with Gasteiger partial charge in [0.05, 0.1) is 0 Å². The van der Waals surface area contributed by atoms with E-state index in [0.29, 0.717) is 0 Å². The molecule has 1 aromatic heterocycles. The van der Waals surface area contributed by atoms with Gasteiger partial charge in [-0.05, 0) is 59.9 Å². The lowest BCUT2D eigenvalue weighted by Gasteiger charge is -2.34. The molecule has 3 heterocycles. The molecule has 3 rings (SSSR count). The van der Waals surface area contributed by atoms with Crippen LogP contribution in [-0.4, -0.2) is 45.1 Å². The standard InChI is InChI=1S/C20H34N2P2/c1-16-7-8-17(2)23(16)14-22(13-20-6-5-11-21-12-20)15-24-18(3)9-10-19(24)4/h5-6,11-12,16-19H,7-10,13-15H2,1-4H3/t16-,17-,18-,19-/m1/s1. The third kappa shape index (κ3) is 4.57. The molecule has 2 aliphatic rings. The van der Waals surface area contributed by atoms with Crippen LogP contribution in [0, 0.1) is 0 Å². The van der Waals surface area contributed by atoms with Crippen molar-refractivity contribution in [2.24, 2.45) is 0 Å². The quantitative estimate of drug-likeness (QED) is 0.584. The van der Waals surface area contributed by atoms with Crippen LogP contribution in [0.4, 0.5) is 0 Å². The smallest absolute Gasteiger partial charge is 0.0312 e. The van der Waals surface area contributed by atoms with Gasteiger partial charge in [-0.3, -0.25) is 9.88 Å². The van der Waals surface area contributed by atoms with Crippen LogP contribution in [-0.2, 0) is 6.54 Å². The Bertz CT molecular complexity index is 464. The van der Waals surface area contributed by atoms with Gasteiger partial charge in [0.15, 0.2) is 0 Å². The van der Waals surface area contributed by atoms with E-state index in [0.717, 1.165) is 29.2 Å². The molecule has 0 saturated carbocycles. The molecule has 0 N–H and O–H groups in total. The molecule has 2 saturated heterocycles. The van der Waals surface area contributed by atoms with E-state index in [1.165, 1.54) is 43.8 Å². The van der Waals surface area contributed by atoms with E-state index in [4.69, 9.17) is 0 Å². The summed E-state index contributed by atoms with van der Waals surface area (Å²) in [4.78, 5) is 7.17. The Morgan fingerprint density at radius 3 is 1.83 bits per heavy atom. The van der Waals surface area contributed by atoms with Crippen molar-refractivity contribution in [3.05, 3.63) is 30.1 Å². The highest BCUT2D eigenvalue weighted by molar-refractivity contribution is 7.60. The Balaban J connectivity index is 1.70. The highest BCUT2D eigenvalue weighted by atomic mass is 31.1. The van der Waals surface area contributed by atoms with Crippen molar-refractivity contribution in [1.82, 2.24) is 9.88 Å². The monoisotopic (exact) mass is 364 g/mol. The Morgan fingerprint density at radius 2 is 1.42 bits per heavy atom. The first kappa shape index (κ1) is 18.8. The van der Waals surface area contributed by atoms with Crippen molar-refractivity contribution in [3.63, 3.8) is 0 Å². The van der Waals surface area contributed by atoms with Crippen LogP contribution in [0.25, 0.3) is 0 Å². The van der Waals surface area contributed by atoms with Crippen molar-refractivity contribution in [1.29, 1.82) is 0 Å². The number of aromatic nitrogens is 1. The van der Waals surface area contributed by atoms with Gasteiger partial charge in [-0.25, -0.2) is 0 Å². The minimum atomic E-state index is 0.164. The number of pyridine rings is 1. The fourth-order valence-corrected chi connectivity index (χ4v) is 10.7. The summed E-state index contributed by atoms with van der Waals surface area (Å²) in [5.41, 5.74) is 5.21. The molecule has 4 heteroatoms. The van der Waals surface area contributed by atoms with E-state index >= 15 is 0 Å². The molecule has 2 fully saturated rings. The van der Waals surface area contributed by atoms with Gasteiger partial charge in [-0.15, -0.1) is 0 Å². The van der Waals surface area contributed by atoms with Crippen LogP contribution in [0.1, 0.15) is 58.9 Å². The van der Waals surface area contributed by atoms with Gasteiger partial charge in [0.25, 0.3) is 0 Å². The Labute approximate surface area is 151 Å². The molecule has 1 aromatic rings. The van der Waals surface area contributed by atoms with E-state index in [1.807, 2.05) is 6.20 Å². The van der Waals surface area contributed by atoms with Crippen molar-refractivity contribution < 1.29 is 0 Å². The Kier molecular flexibility index (Phi) is 6.70. The third-order valence-corrected chi connectivity index (χ3v) is 13.1. The van der Waals surface area contributed by atoms with Crippen LogP contribution < -0.4 is 0 Å². The SMILES string of the molecule is C[C@@H]1CC[C@@H](C)P1CN(Cc1cccnc1)CP1[C@H](C)CC[C@H]1C. The van der Waals surface area contributed by atoms with Crippen molar-refractivity contribution in [2.75, 3.05) is 12.6 Å². The first-order chi connectivity index (χ1) is 11.5. The molecule has 0 aliphatic carbocycles. The fourth-order valence-electron chi connectivity index (χ4n) is 4.41. The second-order valence-electron chi connectivity index (χ2n) is 8.05. The minimum Gasteiger partial charge on any atom is -0.291 e. The largest absolute Gasteiger partial charge is 0.291 e. The number of hydrogen-bond donors (Lipinski definition) is 0. The average Bonchev–Trinajstić information content (AvgIpc) is 3.06. The molecule has 0 unspecified atom stereocenters. The highest BCUT2D eigenvalue weighted by Gasteiger charge is 2.34. The second-order valence-corrected chi connectivity index (χ2v) is 14.2. The van der Waals surface area contributed by atoms with Crippen molar-refractivity contribution in [3.8, 4) is 0 Å². The molecular weight excluding hydrogens is 330 g/mol. The zero-order valence-electron chi connectivity index (χ0n) is 15.9. The summed E-state index contributed by atoms with van der Waals surface area (Å²) >= 11 is 0. The van der Waals surface area contributed by atoms with E-state index in [9.17, 15) is 0 Å². The molecule has 0 bridgehead atoms. The minimum absolute atomic E-state index is 0.164. The summed E-state index contributed by atoms with van der Waals surface area (Å²) in [6, 6.07) is 4.34. The van der Waals surface area contributed by atoms with E-state index in [1.54, 1.807) is 0 Å². The molecule has 0 amide bonds. The normalized spacial score (nSPS) is 32.0. The van der Waals surface area contributed by atoms with Gasteiger partial charge in [-0.1, -0.05) is 49.6 Å². The molecule has 134 valence electrons. The summed E-state index contributed by atoms with van der Waals surface area (Å²) in [7, 11) is 0.328. The average molecular weight is 364 g/mol. The van der Waals surface area contributed by atoms with Crippen LogP contribution in [0.3, 0.4) is 0 Å². The maximum absolute atomic E-state index is 4.35. The van der Waals surface area contributed by atoms with Crippen LogP contribution >= 0.6 is 15.8 Å². The van der Waals surface area contributed by atoms with Gasteiger partial charge in [0.2, 0.25) is 0 Å². The molecule has 24 heavy (non-hydrogen) atoms. The van der Waals surface area contributed by atoms with Crippen molar-refractivity contribution in [2.45, 2.75) is 82.6 Å². The lowest BCUT2D eigenvalue weighted by Crippen LogP contribution is -2.28. The maximum atomic E-state index is 4.35. The predicted molar refractivity (Wildman–Crippen MR) is 110 cm³/mol. The molecule has 0 aromatic carbocycles. The van der Waals surface area contributed by atoms with Gasteiger partial charge in [0.1, 0.15) is 0 Å². The van der Waals surface area contributed by atoms with Crippen LogP contribution in [0.15, 0.2) is 24.5 Å². The zero-order chi connectivity index (χ0) is 17.1. The summed E-state index contributed by atoms with van der Waals surface area (Å²) in [5, 5.41) is 0. The second kappa shape index (κ2) is 8.57. The van der Waals surface area contributed by atoms with Crippen LogP contribution in [0.2, 0.25) is 0 Å². The molecule has 2 aliphatic heterocycles. The summed E-state index contributed by atoms with van der Waals surface area (Å²) in [5.74, 6) is 0. The van der Waals surface area contributed by atoms with E-state index in [2.05, 4.69) is 55.9 Å². The van der Waals surface area contributed by atoms with Gasteiger partial charge in [-0.2, -0.15) is 0 Å². The molecule has 0 radical (unpaired) electrons. The number of rotatable bonds is 6. The topological polar surface area (TPSA) is 16.1 Å². The Hall–Kier alpha value is -0.0300. The maximum Gasteiger partial charge on any atom is 0.0312 e. The Morgan fingerprint density at radius 1 is 0.917 bits per heavy atom. The summed E-state index contributed by atoms with van der Waals surface area (Å²) in [6.45, 7) is 11.1. The predicted octanol–water partition coefficient (Wildman–Crippen LogP) is 5.90. The van der Waals surface area contributed by atoms with Gasteiger partial charge in [0, 0.05) is 31.5 Å². The number of hydrogen-bond acceptors (Lipinski definition) is 2. The van der Waals surface area contributed by atoms with Crippen LogP contribution in [0.5, 0.6) is 0 Å². The summed E-state index contributed by atoms with van der Waals surface area (Å²) in [6.07, 6.45) is 12.5. The zero-order valence-corrected chi connectivity index (χ0v) is 17.6. The lowest BCUT2D eigenvalue weighted by molar-refractivity contribution is 0.361. The highest BCUT2D eigenvalue weighted by Crippen LogP contribution is 2.59. The molecular formula is C20H34N2P2. The van der Waals surface area contributed by atoms with E-state index in [-0.39, 0.29) is 15.8 Å².